The van der Waals surface area contributed by atoms with Crippen LogP contribution in [0, 0.1) is 5.82 Å². The molecule has 0 radical (unpaired) electrons. The van der Waals surface area contributed by atoms with Gasteiger partial charge in [-0.2, -0.15) is 13.2 Å². The van der Waals surface area contributed by atoms with E-state index >= 15 is 0 Å². The highest BCUT2D eigenvalue weighted by molar-refractivity contribution is 6.10. The second-order valence-corrected chi connectivity index (χ2v) is 3.64. The van der Waals surface area contributed by atoms with Gasteiger partial charge in [0, 0.05) is 18.6 Å². The van der Waals surface area contributed by atoms with Crippen molar-refractivity contribution >= 4 is 16.7 Å². The minimum Gasteiger partial charge on any atom is -0.350 e. The lowest BCUT2D eigenvalue weighted by Gasteiger charge is -2.03. The van der Waals surface area contributed by atoms with Crippen LogP contribution in [0.25, 0.3) is 10.9 Å². The molecule has 0 unspecified atom stereocenters. The fourth-order valence-corrected chi connectivity index (χ4v) is 1.69. The summed E-state index contributed by atoms with van der Waals surface area (Å²) >= 11 is 0. The first-order valence-electron chi connectivity index (χ1n) is 4.67. The minimum atomic E-state index is -4.93. The number of hydrogen-bond donors (Lipinski definition) is 0. The van der Waals surface area contributed by atoms with Crippen molar-refractivity contribution in [3.63, 3.8) is 0 Å². The van der Waals surface area contributed by atoms with Gasteiger partial charge >= 0.3 is 6.18 Å². The van der Waals surface area contributed by atoms with Crippen molar-refractivity contribution < 1.29 is 22.4 Å². The van der Waals surface area contributed by atoms with Crippen molar-refractivity contribution in [2.45, 2.75) is 6.18 Å². The quantitative estimate of drug-likeness (QED) is 0.559. The lowest BCUT2D eigenvalue weighted by molar-refractivity contribution is -0.0884. The van der Waals surface area contributed by atoms with Crippen molar-refractivity contribution in [3.8, 4) is 0 Å². The molecule has 2 nitrogen and oxygen atoms in total. The third-order valence-electron chi connectivity index (χ3n) is 2.45. The third-order valence-corrected chi connectivity index (χ3v) is 2.45. The van der Waals surface area contributed by atoms with Crippen LogP contribution in [-0.4, -0.2) is 16.5 Å². The molecule has 6 heteroatoms. The number of fused-ring (bicyclic) bond motifs is 1. The second kappa shape index (κ2) is 3.58. The Morgan fingerprint density at radius 2 is 1.94 bits per heavy atom. The van der Waals surface area contributed by atoms with Gasteiger partial charge in [0.05, 0.1) is 11.1 Å². The molecule has 2 aromatic rings. The van der Waals surface area contributed by atoms with Gasteiger partial charge < -0.3 is 4.57 Å². The maximum Gasteiger partial charge on any atom is 0.454 e. The first-order chi connectivity index (χ1) is 7.80. The van der Waals surface area contributed by atoms with E-state index in [0.29, 0.717) is 0 Å². The average molecular weight is 245 g/mol. The Morgan fingerprint density at radius 1 is 1.29 bits per heavy atom. The molecule has 0 N–H and O–H groups in total. The highest BCUT2D eigenvalue weighted by Crippen LogP contribution is 2.28. The number of rotatable bonds is 1. The number of alkyl halides is 3. The number of halogens is 4. The highest BCUT2D eigenvalue weighted by Gasteiger charge is 2.40. The van der Waals surface area contributed by atoms with E-state index < -0.39 is 23.3 Å². The van der Waals surface area contributed by atoms with Crippen LogP contribution >= 0.6 is 0 Å². The number of Topliss-reactive ketones (excluding diaryl/α,β-unsaturated/α-hetero) is 1. The number of carbonyl (C=O) groups excluding carboxylic acids is 1. The van der Waals surface area contributed by atoms with Crippen LogP contribution in [-0.2, 0) is 7.05 Å². The van der Waals surface area contributed by atoms with Gasteiger partial charge in [-0.25, -0.2) is 4.39 Å². The first kappa shape index (κ1) is 11.6. The normalized spacial score (nSPS) is 12.1. The SMILES string of the molecule is Cn1cc(C(=O)C(F)(F)F)c2ccc(F)cc21. The fourth-order valence-electron chi connectivity index (χ4n) is 1.69. The van der Waals surface area contributed by atoms with Crippen LogP contribution in [0.15, 0.2) is 24.4 Å². The van der Waals surface area contributed by atoms with E-state index in [0.717, 1.165) is 18.3 Å². The molecule has 0 aliphatic heterocycles. The molecule has 0 aliphatic carbocycles. The molecule has 0 saturated carbocycles. The molecule has 0 fully saturated rings. The first-order valence-corrected chi connectivity index (χ1v) is 4.67. The number of aryl methyl sites for hydroxylation is 1. The van der Waals surface area contributed by atoms with Gasteiger partial charge in [0.15, 0.2) is 0 Å². The average Bonchev–Trinajstić information content (AvgIpc) is 2.53. The fraction of sp³-hybridized carbons (Fsp3) is 0.182. The van der Waals surface area contributed by atoms with Crippen molar-refractivity contribution in [2.75, 3.05) is 0 Å². The minimum absolute atomic E-state index is 0.0937. The monoisotopic (exact) mass is 245 g/mol. The predicted molar refractivity (Wildman–Crippen MR) is 53.3 cm³/mol. The molecule has 1 heterocycles. The molecule has 0 saturated heterocycles. The Kier molecular flexibility index (Phi) is 2.45. The van der Waals surface area contributed by atoms with Gasteiger partial charge in [0.25, 0.3) is 5.78 Å². The van der Waals surface area contributed by atoms with Gasteiger partial charge in [-0.15, -0.1) is 0 Å². The Balaban J connectivity index is 2.68. The Morgan fingerprint density at radius 3 is 2.53 bits per heavy atom. The van der Waals surface area contributed by atoms with E-state index in [1.165, 1.54) is 17.7 Å². The zero-order valence-corrected chi connectivity index (χ0v) is 8.68. The van der Waals surface area contributed by atoms with Crippen molar-refractivity contribution in [1.82, 2.24) is 4.57 Å². The number of ketones is 1. The molecule has 0 spiro atoms. The summed E-state index contributed by atoms with van der Waals surface area (Å²) in [4.78, 5) is 11.1. The van der Waals surface area contributed by atoms with E-state index in [1.807, 2.05) is 0 Å². The summed E-state index contributed by atoms with van der Waals surface area (Å²) in [6.07, 6.45) is -3.87. The summed E-state index contributed by atoms with van der Waals surface area (Å²) in [5.41, 5.74) is -0.215. The Bertz CT molecular complexity index is 597. The van der Waals surface area contributed by atoms with E-state index in [4.69, 9.17) is 0 Å². The van der Waals surface area contributed by atoms with Gasteiger partial charge in [0.1, 0.15) is 5.82 Å². The predicted octanol–water partition coefficient (Wildman–Crippen LogP) is 3.06. The molecule has 2 rings (SSSR count). The molecule has 0 aliphatic rings. The van der Waals surface area contributed by atoms with E-state index in [2.05, 4.69) is 0 Å². The molecule has 1 aromatic carbocycles. The van der Waals surface area contributed by atoms with Crippen molar-refractivity contribution in [3.05, 3.63) is 35.8 Å². The van der Waals surface area contributed by atoms with E-state index in [1.54, 1.807) is 0 Å². The number of benzene rings is 1. The second-order valence-electron chi connectivity index (χ2n) is 3.64. The number of aromatic nitrogens is 1. The standard InChI is InChI=1S/C11H7F4NO/c1-16-5-8(10(17)11(13,14)15)7-3-2-6(12)4-9(7)16/h2-5H,1H3. The zero-order valence-electron chi connectivity index (χ0n) is 8.68. The summed E-state index contributed by atoms with van der Waals surface area (Å²) in [5, 5.41) is 0.0937. The van der Waals surface area contributed by atoms with Gasteiger partial charge in [-0.1, -0.05) is 0 Å². The van der Waals surface area contributed by atoms with Gasteiger partial charge in [0.2, 0.25) is 0 Å². The molecular formula is C11H7F4NO. The van der Waals surface area contributed by atoms with Crippen molar-refractivity contribution in [2.24, 2.45) is 7.05 Å². The van der Waals surface area contributed by atoms with E-state index in [-0.39, 0.29) is 10.9 Å². The molecule has 0 amide bonds. The van der Waals surface area contributed by atoms with E-state index in [9.17, 15) is 22.4 Å². The summed E-state index contributed by atoms with van der Waals surface area (Å²) in [7, 11) is 1.45. The maximum atomic E-state index is 12.9. The summed E-state index contributed by atoms with van der Waals surface area (Å²) < 4.78 is 51.2. The molecule has 0 atom stereocenters. The van der Waals surface area contributed by atoms with Crippen molar-refractivity contribution in [1.29, 1.82) is 0 Å². The lowest BCUT2D eigenvalue weighted by Crippen LogP contribution is -2.22. The van der Waals surface area contributed by atoms with Gasteiger partial charge in [-0.05, 0) is 18.2 Å². The molecule has 0 bridgehead atoms. The maximum absolute atomic E-state index is 12.9. The zero-order chi connectivity index (χ0) is 12.8. The molecule has 90 valence electrons. The molecule has 17 heavy (non-hydrogen) atoms. The highest BCUT2D eigenvalue weighted by atomic mass is 19.4. The lowest BCUT2D eigenvalue weighted by atomic mass is 10.1. The summed E-state index contributed by atoms with van der Waals surface area (Å²) in [6, 6.07) is 3.28. The Hall–Kier alpha value is -1.85. The largest absolute Gasteiger partial charge is 0.454 e. The van der Waals surface area contributed by atoms with Crippen LogP contribution in [0.3, 0.4) is 0 Å². The van der Waals surface area contributed by atoms with Gasteiger partial charge in [-0.3, -0.25) is 4.79 Å². The summed E-state index contributed by atoms with van der Waals surface area (Å²) in [6.45, 7) is 0. The van der Waals surface area contributed by atoms with Crippen LogP contribution in [0.2, 0.25) is 0 Å². The number of hydrogen-bond acceptors (Lipinski definition) is 1. The smallest absolute Gasteiger partial charge is 0.350 e. The third kappa shape index (κ3) is 1.90. The molecular weight excluding hydrogens is 238 g/mol. The van der Waals surface area contributed by atoms with Crippen LogP contribution < -0.4 is 0 Å². The van der Waals surface area contributed by atoms with Crippen LogP contribution in [0.5, 0.6) is 0 Å². The van der Waals surface area contributed by atoms with Crippen LogP contribution in [0.1, 0.15) is 10.4 Å². The molecule has 1 aromatic heterocycles. The number of carbonyl (C=O) groups is 1. The number of nitrogens with zero attached hydrogens (tertiary/aromatic N) is 1. The van der Waals surface area contributed by atoms with Crippen LogP contribution in [0.4, 0.5) is 17.6 Å². The topological polar surface area (TPSA) is 22.0 Å². The summed E-state index contributed by atoms with van der Waals surface area (Å²) in [5.74, 6) is -2.49. The Labute approximate surface area is 93.5 Å².